The van der Waals surface area contributed by atoms with E-state index in [0.717, 1.165) is 24.5 Å². The second-order valence-corrected chi connectivity index (χ2v) is 6.04. The molecule has 0 spiro atoms. The Balaban J connectivity index is 1.48. The maximum atomic E-state index is 13.8. The van der Waals surface area contributed by atoms with E-state index in [9.17, 15) is 9.18 Å². The lowest BCUT2D eigenvalue weighted by Crippen LogP contribution is -2.41. The van der Waals surface area contributed by atoms with Crippen LogP contribution in [0.2, 0.25) is 0 Å². The number of aryl methyl sites for hydroxylation is 2. The molecule has 3 heterocycles. The van der Waals surface area contributed by atoms with E-state index in [1.165, 1.54) is 12.1 Å². The van der Waals surface area contributed by atoms with Gasteiger partial charge in [0.1, 0.15) is 17.5 Å². The number of nitrogens with zero attached hydrogens (tertiary/aromatic N) is 4. The third kappa shape index (κ3) is 2.90. The van der Waals surface area contributed by atoms with Gasteiger partial charge in [0.2, 0.25) is 0 Å². The first-order valence-corrected chi connectivity index (χ1v) is 8.03. The van der Waals surface area contributed by atoms with Gasteiger partial charge in [-0.15, -0.1) is 10.2 Å². The van der Waals surface area contributed by atoms with Crippen LogP contribution in [0.15, 0.2) is 34.9 Å². The van der Waals surface area contributed by atoms with Crippen LogP contribution in [0, 0.1) is 12.7 Å². The Hall–Kier alpha value is -3.03. The third-order valence-corrected chi connectivity index (χ3v) is 4.35. The van der Waals surface area contributed by atoms with Gasteiger partial charge in [-0.1, -0.05) is 17.3 Å². The summed E-state index contributed by atoms with van der Waals surface area (Å²) in [6, 6.07) is 7.61. The maximum Gasteiger partial charge on any atom is 0.273 e. The number of amides is 1. The van der Waals surface area contributed by atoms with Crippen molar-refractivity contribution in [2.75, 3.05) is 0 Å². The number of rotatable bonds is 3. The first-order valence-electron chi connectivity index (χ1n) is 8.03. The number of aromatic nitrogens is 4. The third-order valence-electron chi connectivity index (χ3n) is 4.35. The molecule has 0 radical (unpaired) electrons. The molecule has 25 heavy (non-hydrogen) atoms. The summed E-state index contributed by atoms with van der Waals surface area (Å²) in [5.74, 6) is 1.23. The van der Waals surface area contributed by atoms with Crippen molar-refractivity contribution < 1.29 is 13.7 Å². The second-order valence-electron chi connectivity index (χ2n) is 6.04. The molecule has 2 aromatic heterocycles. The molecule has 1 N–H and O–H groups in total. The van der Waals surface area contributed by atoms with Crippen LogP contribution in [-0.4, -0.2) is 31.9 Å². The molecule has 0 bridgehead atoms. The van der Waals surface area contributed by atoms with Gasteiger partial charge in [-0.3, -0.25) is 4.79 Å². The number of carbonyl (C=O) groups excluding carboxylic acids is 1. The zero-order valence-corrected chi connectivity index (χ0v) is 13.6. The fourth-order valence-corrected chi connectivity index (χ4v) is 3.01. The van der Waals surface area contributed by atoms with Crippen LogP contribution in [0.3, 0.4) is 0 Å². The van der Waals surface area contributed by atoms with Crippen molar-refractivity contribution in [3.05, 3.63) is 53.5 Å². The highest BCUT2D eigenvalue weighted by Gasteiger charge is 2.24. The molecule has 1 aliphatic rings. The average molecular weight is 341 g/mol. The molecule has 1 amide bonds. The minimum Gasteiger partial charge on any atom is -0.355 e. The number of hydrogen-bond acceptors (Lipinski definition) is 5. The summed E-state index contributed by atoms with van der Waals surface area (Å²) in [5, 5.41) is 14.9. The Kier molecular flexibility index (Phi) is 3.79. The van der Waals surface area contributed by atoms with E-state index in [2.05, 4.69) is 20.7 Å². The van der Waals surface area contributed by atoms with Gasteiger partial charge in [0.15, 0.2) is 11.5 Å². The van der Waals surface area contributed by atoms with Crippen LogP contribution < -0.4 is 5.32 Å². The van der Waals surface area contributed by atoms with Crippen molar-refractivity contribution in [3.8, 4) is 11.3 Å². The molecule has 7 nitrogen and oxygen atoms in total. The minimum absolute atomic E-state index is 0.0386. The van der Waals surface area contributed by atoms with Gasteiger partial charge in [0, 0.05) is 25.1 Å². The lowest BCUT2D eigenvalue weighted by Gasteiger charge is -2.24. The van der Waals surface area contributed by atoms with Gasteiger partial charge >= 0.3 is 0 Å². The van der Waals surface area contributed by atoms with Gasteiger partial charge in [-0.2, -0.15) is 0 Å². The molecular weight excluding hydrogens is 325 g/mol. The van der Waals surface area contributed by atoms with Gasteiger partial charge in [0.25, 0.3) is 5.91 Å². The van der Waals surface area contributed by atoms with Crippen molar-refractivity contribution in [1.82, 2.24) is 25.2 Å². The minimum atomic E-state index is -0.423. The van der Waals surface area contributed by atoms with Gasteiger partial charge < -0.3 is 14.4 Å². The number of nitrogens with one attached hydrogen (secondary N) is 1. The number of carbonyl (C=O) groups is 1. The Bertz CT molecular complexity index is 933. The highest BCUT2D eigenvalue weighted by Crippen LogP contribution is 2.23. The molecule has 4 rings (SSSR count). The van der Waals surface area contributed by atoms with Crippen LogP contribution in [0.1, 0.15) is 28.6 Å². The van der Waals surface area contributed by atoms with E-state index in [-0.39, 0.29) is 29.0 Å². The topological polar surface area (TPSA) is 85.8 Å². The summed E-state index contributed by atoms with van der Waals surface area (Å²) in [6.07, 6.45) is 1.53. The normalized spacial score (nSPS) is 16.5. The molecule has 8 heteroatoms. The molecule has 0 fully saturated rings. The van der Waals surface area contributed by atoms with Crippen molar-refractivity contribution in [2.24, 2.45) is 0 Å². The highest BCUT2D eigenvalue weighted by atomic mass is 19.1. The molecule has 1 atom stereocenters. The van der Waals surface area contributed by atoms with Crippen molar-refractivity contribution >= 4 is 5.91 Å². The van der Waals surface area contributed by atoms with E-state index < -0.39 is 5.82 Å². The van der Waals surface area contributed by atoms with Crippen LogP contribution in [0.4, 0.5) is 4.39 Å². The molecule has 0 saturated carbocycles. The number of halogens is 1. The highest BCUT2D eigenvalue weighted by molar-refractivity contribution is 5.93. The Morgan fingerprint density at radius 3 is 3.04 bits per heavy atom. The van der Waals surface area contributed by atoms with Crippen LogP contribution in [0.25, 0.3) is 11.3 Å². The van der Waals surface area contributed by atoms with E-state index in [1.807, 2.05) is 11.5 Å². The van der Waals surface area contributed by atoms with E-state index in [4.69, 9.17) is 4.52 Å². The monoisotopic (exact) mass is 341 g/mol. The fourth-order valence-electron chi connectivity index (χ4n) is 3.01. The lowest BCUT2D eigenvalue weighted by atomic mass is 10.1. The molecule has 0 unspecified atom stereocenters. The molecule has 0 aliphatic carbocycles. The zero-order chi connectivity index (χ0) is 17.4. The van der Waals surface area contributed by atoms with Crippen LogP contribution in [-0.2, 0) is 13.0 Å². The second kappa shape index (κ2) is 6.12. The number of fused-ring (bicyclic) bond motifs is 1. The number of benzene rings is 1. The van der Waals surface area contributed by atoms with Crippen molar-refractivity contribution in [3.63, 3.8) is 0 Å². The Morgan fingerprint density at radius 1 is 1.36 bits per heavy atom. The summed E-state index contributed by atoms with van der Waals surface area (Å²) >= 11 is 0. The maximum absolute atomic E-state index is 13.8. The summed E-state index contributed by atoms with van der Waals surface area (Å²) < 4.78 is 20.9. The predicted molar refractivity (Wildman–Crippen MR) is 86.2 cm³/mol. The quantitative estimate of drug-likeness (QED) is 0.789. The summed E-state index contributed by atoms with van der Waals surface area (Å²) in [4.78, 5) is 12.4. The molecule has 1 aliphatic heterocycles. The molecule has 0 saturated heterocycles. The van der Waals surface area contributed by atoms with Crippen molar-refractivity contribution in [1.29, 1.82) is 0 Å². The van der Waals surface area contributed by atoms with E-state index in [0.29, 0.717) is 6.54 Å². The Labute approximate surface area is 142 Å². The standard InChI is InChI=1S/C17H16FN5O2/c1-10-20-21-16-7-6-11(9-23(10)16)19-17(24)14-8-15(25-22-14)12-4-2-3-5-13(12)18/h2-5,8,11H,6-7,9H2,1H3,(H,19,24)/t11-/m0/s1. The van der Waals surface area contributed by atoms with Crippen LogP contribution >= 0.6 is 0 Å². The lowest BCUT2D eigenvalue weighted by molar-refractivity contribution is 0.0918. The molecule has 3 aromatic rings. The van der Waals surface area contributed by atoms with Crippen molar-refractivity contribution in [2.45, 2.75) is 32.4 Å². The van der Waals surface area contributed by atoms with E-state index in [1.54, 1.807) is 18.2 Å². The Morgan fingerprint density at radius 2 is 2.20 bits per heavy atom. The van der Waals surface area contributed by atoms with Crippen LogP contribution in [0.5, 0.6) is 0 Å². The molecule has 128 valence electrons. The van der Waals surface area contributed by atoms with Gasteiger partial charge in [0.05, 0.1) is 5.56 Å². The molecule has 1 aromatic carbocycles. The first-order chi connectivity index (χ1) is 12.1. The first kappa shape index (κ1) is 15.5. The van der Waals surface area contributed by atoms with Gasteiger partial charge in [-0.05, 0) is 25.5 Å². The smallest absolute Gasteiger partial charge is 0.273 e. The van der Waals surface area contributed by atoms with Gasteiger partial charge in [-0.25, -0.2) is 4.39 Å². The van der Waals surface area contributed by atoms with E-state index >= 15 is 0 Å². The SMILES string of the molecule is Cc1nnc2n1C[C@@H](NC(=O)c1cc(-c3ccccc3F)on1)CC2. The molecular formula is C17H16FN5O2. The zero-order valence-electron chi connectivity index (χ0n) is 13.6. The summed E-state index contributed by atoms with van der Waals surface area (Å²) in [6.45, 7) is 2.51. The average Bonchev–Trinajstić information content (AvgIpc) is 3.23. The fraction of sp³-hybridized carbons (Fsp3) is 0.294. The number of hydrogen-bond donors (Lipinski definition) is 1. The summed E-state index contributed by atoms with van der Waals surface area (Å²) in [5.41, 5.74) is 0.404. The largest absolute Gasteiger partial charge is 0.355 e. The summed E-state index contributed by atoms with van der Waals surface area (Å²) in [7, 11) is 0. The predicted octanol–water partition coefficient (Wildman–Crippen LogP) is 2.13.